The molecule has 0 atom stereocenters. The number of alkyl carbamates (subject to hydrolysis) is 1. The maximum absolute atomic E-state index is 11.9. The molecule has 29 heavy (non-hydrogen) atoms. The molecule has 0 bridgehead atoms. The number of nitrogens with one attached hydrogen (secondary N) is 2. The predicted octanol–water partition coefficient (Wildman–Crippen LogP) is 4.05. The van der Waals surface area contributed by atoms with Crippen molar-refractivity contribution in [1.82, 2.24) is 24.9 Å². The highest BCUT2D eigenvalue weighted by molar-refractivity contribution is 5.84. The molecule has 0 aliphatic heterocycles. The Morgan fingerprint density at radius 2 is 1.97 bits per heavy atom. The SMILES string of the molecule is CC(C)(C)OC(=O)NCc1cccc(Nc2nc3ccccc3n3cnnc23)c1. The first kappa shape index (κ1) is 18.7. The lowest BCUT2D eigenvalue weighted by molar-refractivity contribution is 0.0523. The van der Waals surface area contributed by atoms with Gasteiger partial charge in [-0.05, 0) is 50.6 Å². The fourth-order valence-electron chi connectivity index (χ4n) is 2.97. The van der Waals surface area contributed by atoms with E-state index in [4.69, 9.17) is 9.72 Å². The Morgan fingerprint density at radius 3 is 2.79 bits per heavy atom. The van der Waals surface area contributed by atoms with Gasteiger partial charge in [-0.2, -0.15) is 0 Å². The van der Waals surface area contributed by atoms with Crippen LogP contribution in [0, 0.1) is 0 Å². The van der Waals surface area contributed by atoms with Gasteiger partial charge in [0.2, 0.25) is 5.65 Å². The lowest BCUT2D eigenvalue weighted by Gasteiger charge is -2.19. The minimum absolute atomic E-state index is 0.357. The number of hydrogen-bond acceptors (Lipinski definition) is 6. The molecule has 0 saturated heterocycles. The first-order valence-corrected chi connectivity index (χ1v) is 9.30. The highest BCUT2D eigenvalue weighted by Crippen LogP contribution is 2.23. The summed E-state index contributed by atoms with van der Waals surface area (Å²) in [5.41, 5.74) is 3.65. The molecule has 4 aromatic rings. The topological polar surface area (TPSA) is 93.4 Å². The lowest BCUT2D eigenvalue weighted by atomic mass is 10.2. The summed E-state index contributed by atoms with van der Waals surface area (Å²) in [5.74, 6) is 0.610. The van der Waals surface area contributed by atoms with Crippen LogP contribution in [0.4, 0.5) is 16.3 Å². The van der Waals surface area contributed by atoms with Gasteiger partial charge < -0.3 is 15.4 Å². The molecule has 2 heterocycles. The second-order valence-corrected chi connectivity index (χ2v) is 7.65. The van der Waals surface area contributed by atoms with E-state index in [1.54, 1.807) is 6.33 Å². The van der Waals surface area contributed by atoms with Gasteiger partial charge >= 0.3 is 6.09 Å². The van der Waals surface area contributed by atoms with Crippen LogP contribution < -0.4 is 10.6 Å². The third-order valence-electron chi connectivity index (χ3n) is 4.16. The number of ether oxygens (including phenoxy) is 1. The van der Waals surface area contributed by atoms with Crippen molar-refractivity contribution in [2.75, 3.05) is 5.32 Å². The summed E-state index contributed by atoms with van der Waals surface area (Å²) in [6.45, 7) is 5.85. The molecule has 2 aromatic carbocycles. The Bertz CT molecular complexity index is 1180. The molecule has 0 saturated carbocycles. The first-order chi connectivity index (χ1) is 13.9. The Balaban J connectivity index is 1.55. The van der Waals surface area contributed by atoms with E-state index in [0.717, 1.165) is 22.3 Å². The number of aromatic nitrogens is 4. The average molecular weight is 390 g/mol. The molecule has 8 heteroatoms. The molecule has 4 rings (SSSR count). The standard InChI is InChI=1S/C21H22N6O2/c1-21(2,3)29-20(28)22-12-14-7-6-8-15(11-14)24-18-19-26-23-13-27(19)17-10-5-4-9-16(17)25-18/h4-11,13H,12H2,1-3H3,(H,22,28)(H,24,25). The van der Waals surface area contributed by atoms with Gasteiger partial charge in [-0.3, -0.25) is 4.40 Å². The van der Waals surface area contributed by atoms with Crippen LogP contribution in [-0.2, 0) is 11.3 Å². The maximum Gasteiger partial charge on any atom is 0.407 e. The second kappa shape index (κ2) is 7.38. The van der Waals surface area contributed by atoms with E-state index < -0.39 is 11.7 Å². The summed E-state index contributed by atoms with van der Waals surface area (Å²) in [5, 5.41) is 14.3. The lowest BCUT2D eigenvalue weighted by Crippen LogP contribution is -2.32. The third kappa shape index (κ3) is 4.26. The van der Waals surface area contributed by atoms with E-state index in [9.17, 15) is 4.79 Å². The molecular weight excluding hydrogens is 368 g/mol. The molecule has 0 aliphatic carbocycles. The number of carbonyl (C=O) groups is 1. The van der Waals surface area contributed by atoms with Crippen molar-refractivity contribution in [1.29, 1.82) is 0 Å². The van der Waals surface area contributed by atoms with Crippen LogP contribution in [0.15, 0.2) is 54.9 Å². The van der Waals surface area contributed by atoms with Crippen molar-refractivity contribution >= 4 is 34.3 Å². The van der Waals surface area contributed by atoms with E-state index in [0.29, 0.717) is 18.0 Å². The zero-order valence-electron chi connectivity index (χ0n) is 16.5. The summed E-state index contributed by atoms with van der Waals surface area (Å²) in [6.07, 6.45) is 1.23. The molecule has 1 amide bonds. The molecule has 0 spiro atoms. The Kier molecular flexibility index (Phi) is 4.75. The molecule has 2 N–H and O–H groups in total. The minimum Gasteiger partial charge on any atom is -0.444 e. The van der Waals surface area contributed by atoms with Gasteiger partial charge in [0.1, 0.15) is 11.9 Å². The van der Waals surface area contributed by atoms with Crippen molar-refractivity contribution in [3.05, 3.63) is 60.4 Å². The fourth-order valence-corrected chi connectivity index (χ4v) is 2.97. The number of amides is 1. The van der Waals surface area contributed by atoms with Crippen LogP contribution in [0.5, 0.6) is 0 Å². The van der Waals surface area contributed by atoms with Crippen molar-refractivity contribution in [2.24, 2.45) is 0 Å². The zero-order valence-corrected chi connectivity index (χ0v) is 16.5. The van der Waals surface area contributed by atoms with Crippen LogP contribution in [-0.4, -0.2) is 31.3 Å². The smallest absolute Gasteiger partial charge is 0.407 e. The van der Waals surface area contributed by atoms with Crippen LogP contribution in [0.25, 0.3) is 16.7 Å². The largest absolute Gasteiger partial charge is 0.444 e. The molecule has 2 aromatic heterocycles. The maximum atomic E-state index is 11.9. The summed E-state index contributed by atoms with van der Waals surface area (Å²) in [4.78, 5) is 16.6. The van der Waals surface area contributed by atoms with Crippen molar-refractivity contribution in [3.63, 3.8) is 0 Å². The number of fused-ring (bicyclic) bond motifs is 3. The number of anilines is 2. The molecule has 0 aliphatic rings. The minimum atomic E-state index is -0.529. The predicted molar refractivity (Wildman–Crippen MR) is 111 cm³/mol. The summed E-state index contributed by atoms with van der Waals surface area (Å²) < 4.78 is 7.17. The number of carbonyl (C=O) groups excluding carboxylic acids is 1. The van der Waals surface area contributed by atoms with Crippen molar-refractivity contribution in [3.8, 4) is 0 Å². The Morgan fingerprint density at radius 1 is 1.14 bits per heavy atom. The normalized spacial score (nSPS) is 11.6. The molecule has 0 unspecified atom stereocenters. The number of benzene rings is 2. The highest BCUT2D eigenvalue weighted by Gasteiger charge is 2.16. The van der Waals surface area contributed by atoms with E-state index in [2.05, 4.69) is 20.8 Å². The van der Waals surface area contributed by atoms with Crippen molar-refractivity contribution in [2.45, 2.75) is 32.9 Å². The average Bonchev–Trinajstić information content (AvgIpc) is 3.16. The van der Waals surface area contributed by atoms with Crippen LogP contribution in [0.1, 0.15) is 26.3 Å². The molecule has 0 fully saturated rings. The van der Waals surface area contributed by atoms with Gasteiger partial charge in [0, 0.05) is 12.2 Å². The number of rotatable bonds is 4. The molecular formula is C21H22N6O2. The number of hydrogen-bond donors (Lipinski definition) is 2. The van der Waals surface area contributed by atoms with E-state index >= 15 is 0 Å². The van der Waals surface area contributed by atoms with E-state index in [-0.39, 0.29) is 0 Å². The zero-order chi connectivity index (χ0) is 20.4. The van der Waals surface area contributed by atoms with Gasteiger partial charge in [-0.1, -0.05) is 24.3 Å². The van der Waals surface area contributed by atoms with E-state index in [1.807, 2.05) is 73.7 Å². The van der Waals surface area contributed by atoms with Gasteiger partial charge in [-0.15, -0.1) is 10.2 Å². The summed E-state index contributed by atoms with van der Waals surface area (Å²) in [7, 11) is 0. The fraction of sp³-hybridized carbons (Fsp3) is 0.238. The second-order valence-electron chi connectivity index (χ2n) is 7.65. The molecule has 148 valence electrons. The molecule has 8 nitrogen and oxygen atoms in total. The van der Waals surface area contributed by atoms with Crippen LogP contribution in [0.3, 0.4) is 0 Å². The monoisotopic (exact) mass is 390 g/mol. The Labute approximate surface area is 167 Å². The third-order valence-corrected chi connectivity index (χ3v) is 4.16. The summed E-state index contributed by atoms with van der Waals surface area (Å²) >= 11 is 0. The number of para-hydroxylation sites is 2. The highest BCUT2D eigenvalue weighted by atomic mass is 16.6. The van der Waals surface area contributed by atoms with Crippen molar-refractivity contribution < 1.29 is 9.53 Å². The summed E-state index contributed by atoms with van der Waals surface area (Å²) in [6, 6.07) is 15.5. The quantitative estimate of drug-likeness (QED) is 0.546. The Hall–Kier alpha value is -3.68. The van der Waals surface area contributed by atoms with Gasteiger partial charge in [0.25, 0.3) is 0 Å². The van der Waals surface area contributed by atoms with Crippen LogP contribution in [0.2, 0.25) is 0 Å². The first-order valence-electron chi connectivity index (χ1n) is 9.30. The molecule has 0 radical (unpaired) electrons. The van der Waals surface area contributed by atoms with Gasteiger partial charge in [-0.25, -0.2) is 9.78 Å². The number of nitrogens with zero attached hydrogens (tertiary/aromatic N) is 4. The van der Waals surface area contributed by atoms with Crippen LogP contribution >= 0.6 is 0 Å². The van der Waals surface area contributed by atoms with Gasteiger partial charge in [0.15, 0.2) is 5.82 Å². The van der Waals surface area contributed by atoms with E-state index in [1.165, 1.54) is 0 Å². The van der Waals surface area contributed by atoms with Gasteiger partial charge in [0.05, 0.1) is 11.0 Å².